The highest BCUT2D eigenvalue weighted by Crippen LogP contribution is 2.12. The Morgan fingerprint density at radius 3 is 1.68 bits per heavy atom. The SMILES string of the molecule is O=C(CCCC(=O)NN=Cc1ccc(Br)o1)NN=Cc1ccc(Br)o1. The third-order valence-electron chi connectivity index (χ3n) is 2.76. The van der Waals surface area contributed by atoms with Crippen molar-refractivity contribution in [2.24, 2.45) is 10.2 Å². The molecule has 0 aliphatic heterocycles. The van der Waals surface area contributed by atoms with Crippen LogP contribution in [0.5, 0.6) is 0 Å². The number of nitrogens with zero attached hydrogens (tertiary/aromatic N) is 2. The van der Waals surface area contributed by atoms with Gasteiger partial charge in [0.15, 0.2) is 9.34 Å². The Kier molecular flexibility index (Phi) is 7.61. The summed E-state index contributed by atoms with van der Waals surface area (Å²) in [7, 11) is 0. The van der Waals surface area contributed by atoms with Gasteiger partial charge in [-0.05, 0) is 62.5 Å². The Balaban J connectivity index is 1.59. The molecule has 0 radical (unpaired) electrons. The molecule has 132 valence electrons. The van der Waals surface area contributed by atoms with E-state index in [4.69, 9.17) is 8.83 Å². The number of amides is 2. The van der Waals surface area contributed by atoms with E-state index in [-0.39, 0.29) is 24.7 Å². The summed E-state index contributed by atoms with van der Waals surface area (Å²) in [5, 5.41) is 7.52. The second-order valence-electron chi connectivity index (χ2n) is 4.72. The fourth-order valence-electron chi connectivity index (χ4n) is 1.65. The first-order valence-electron chi connectivity index (χ1n) is 7.17. The second-order valence-corrected chi connectivity index (χ2v) is 6.29. The van der Waals surface area contributed by atoms with Gasteiger partial charge < -0.3 is 8.83 Å². The van der Waals surface area contributed by atoms with Crippen molar-refractivity contribution < 1.29 is 18.4 Å². The van der Waals surface area contributed by atoms with Crippen LogP contribution in [0.3, 0.4) is 0 Å². The average molecular weight is 474 g/mol. The van der Waals surface area contributed by atoms with Crippen LogP contribution in [-0.4, -0.2) is 24.2 Å². The molecule has 0 aromatic carbocycles. The van der Waals surface area contributed by atoms with Crippen molar-refractivity contribution in [3.8, 4) is 0 Å². The number of nitrogens with one attached hydrogen (secondary N) is 2. The number of carbonyl (C=O) groups excluding carboxylic acids is 2. The molecule has 2 heterocycles. The van der Waals surface area contributed by atoms with Gasteiger partial charge in [0.1, 0.15) is 11.5 Å². The van der Waals surface area contributed by atoms with Gasteiger partial charge in [0.2, 0.25) is 11.8 Å². The van der Waals surface area contributed by atoms with E-state index in [1.54, 1.807) is 24.3 Å². The lowest BCUT2D eigenvalue weighted by atomic mass is 10.2. The van der Waals surface area contributed by atoms with E-state index >= 15 is 0 Å². The van der Waals surface area contributed by atoms with Crippen molar-refractivity contribution in [2.45, 2.75) is 19.3 Å². The lowest BCUT2D eigenvalue weighted by molar-refractivity contribution is -0.122. The fraction of sp³-hybridized carbons (Fsp3) is 0.200. The Morgan fingerprint density at radius 1 is 0.880 bits per heavy atom. The van der Waals surface area contributed by atoms with Gasteiger partial charge in [0.25, 0.3) is 0 Å². The summed E-state index contributed by atoms with van der Waals surface area (Å²) in [6, 6.07) is 6.84. The third-order valence-corrected chi connectivity index (χ3v) is 3.61. The van der Waals surface area contributed by atoms with Crippen molar-refractivity contribution in [1.29, 1.82) is 0 Å². The molecule has 2 aromatic heterocycles. The molecular formula is C15H14Br2N4O4. The predicted octanol–water partition coefficient (Wildman–Crippen LogP) is 3.17. The summed E-state index contributed by atoms with van der Waals surface area (Å²) in [5.74, 6) is 0.429. The van der Waals surface area contributed by atoms with Gasteiger partial charge in [0, 0.05) is 12.8 Å². The van der Waals surface area contributed by atoms with Gasteiger partial charge in [0.05, 0.1) is 12.4 Å². The fourth-order valence-corrected chi connectivity index (χ4v) is 2.29. The molecule has 0 saturated carbocycles. The molecule has 0 saturated heterocycles. The summed E-state index contributed by atoms with van der Waals surface area (Å²) in [6.07, 6.45) is 3.48. The van der Waals surface area contributed by atoms with E-state index < -0.39 is 0 Å². The zero-order valence-electron chi connectivity index (χ0n) is 12.9. The first-order chi connectivity index (χ1) is 12.0. The molecule has 0 aliphatic carbocycles. The molecule has 10 heteroatoms. The molecule has 0 atom stereocenters. The van der Waals surface area contributed by atoms with Crippen molar-refractivity contribution in [3.63, 3.8) is 0 Å². The van der Waals surface area contributed by atoms with Gasteiger partial charge in [-0.15, -0.1) is 0 Å². The van der Waals surface area contributed by atoms with Crippen LogP contribution >= 0.6 is 31.9 Å². The highest BCUT2D eigenvalue weighted by Gasteiger charge is 2.04. The maximum atomic E-state index is 11.6. The van der Waals surface area contributed by atoms with Crippen LogP contribution in [0.15, 0.2) is 52.6 Å². The van der Waals surface area contributed by atoms with Crippen LogP contribution in [0.2, 0.25) is 0 Å². The van der Waals surface area contributed by atoms with E-state index in [0.717, 1.165) is 0 Å². The minimum atomic E-state index is -0.293. The van der Waals surface area contributed by atoms with Gasteiger partial charge in [-0.2, -0.15) is 10.2 Å². The molecule has 2 N–H and O–H groups in total. The van der Waals surface area contributed by atoms with Crippen LogP contribution in [0, 0.1) is 0 Å². The molecule has 0 unspecified atom stereocenters. The van der Waals surface area contributed by atoms with E-state index in [2.05, 4.69) is 52.9 Å². The number of hydrogen-bond donors (Lipinski definition) is 2. The molecule has 0 aliphatic rings. The third kappa shape index (κ3) is 7.48. The lowest BCUT2D eigenvalue weighted by Crippen LogP contribution is -2.20. The Labute approximate surface area is 160 Å². The largest absolute Gasteiger partial charge is 0.448 e. The van der Waals surface area contributed by atoms with Crippen molar-refractivity contribution in [1.82, 2.24) is 10.9 Å². The predicted molar refractivity (Wildman–Crippen MR) is 98.1 cm³/mol. The number of furan rings is 2. The summed E-state index contributed by atoms with van der Waals surface area (Å²) in [5.41, 5.74) is 4.72. The van der Waals surface area contributed by atoms with Crippen LogP contribution < -0.4 is 10.9 Å². The Bertz CT molecular complexity index is 718. The monoisotopic (exact) mass is 472 g/mol. The van der Waals surface area contributed by atoms with E-state index in [1.165, 1.54) is 12.4 Å². The van der Waals surface area contributed by atoms with E-state index in [0.29, 0.717) is 27.3 Å². The highest BCUT2D eigenvalue weighted by molar-refractivity contribution is 9.10. The zero-order chi connectivity index (χ0) is 18.1. The van der Waals surface area contributed by atoms with Crippen LogP contribution in [0.1, 0.15) is 30.8 Å². The first kappa shape index (κ1) is 19.1. The highest BCUT2D eigenvalue weighted by atomic mass is 79.9. The normalized spacial score (nSPS) is 11.3. The lowest BCUT2D eigenvalue weighted by Gasteiger charge is -2.00. The Morgan fingerprint density at radius 2 is 1.32 bits per heavy atom. The van der Waals surface area contributed by atoms with Crippen LogP contribution in [0.25, 0.3) is 0 Å². The number of halogens is 2. The average Bonchev–Trinajstić information content (AvgIpc) is 3.16. The molecule has 2 aromatic rings. The summed E-state index contributed by atoms with van der Waals surface area (Å²) in [6.45, 7) is 0. The molecule has 0 fully saturated rings. The van der Waals surface area contributed by atoms with Gasteiger partial charge >= 0.3 is 0 Å². The smallest absolute Gasteiger partial charge is 0.240 e. The van der Waals surface area contributed by atoms with Gasteiger partial charge in [-0.1, -0.05) is 0 Å². The maximum Gasteiger partial charge on any atom is 0.240 e. The number of rotatable bonds is 8. The molecule has 2 rings (SSSR count). The maximum absolute atomic E-state index is 11.6. The zero-order valence-corrected chi connectivity index (χ0v) is 16.0. The molecule has 2 amide bonds. The molecule has 25 heavy (non-hydrogen) atoms. The topological polar surface area (TPSA) is 109 Å². The Hall–Kier alpha value is -2.20. The second kappa shape index (κ2) is 9.94. The first-order valence-corrected chi connectivity index (χ1v) is 8.76. The molecule has 8 nitrogen and oxygen atoms in total. The van der Waals surface area contributed by atoms with Gasteiger partial charge in [-0.25, -0.2) is 10.9 Å². The van der Waals surface area contributed by atoms with Crippen LogP contribution in [0.4, 0.5) is 0 Å². The number of hydrazone groups is 2. The quantitative estimate of drug-likeness (QED) is 0.453. The standard InChI is InChI=1S/C15H14Br2N4O4/c16-12-6-4-10(24-12)8-18-20-14(22)2-1-3-15(23)21-19-9-11-5-7-13(17)25-11/h4-9H,1-3H2,(H,20,22)(H,21,23). The number of carbonyl (C=O) groups is 2. The van der Waals surface area contributed by atoms with E-state index in [9.17, 15) is 9.59 Å². The van der Waals surface area contributed by atoms with Crippen molar-refractivity contribution in [2.75, 3.05) is 0 Å². The molecule has 0 spiro atoms. The summed E-state index contributed by atoms with van der Waals surface area (Å²) >= 11 is 6.32. The minimum absolute atomic E-state index is 0.168. The van der Waals surface area contributed by atoms with E-state index in [1.807, 2.05) is 0 Å². The van der Waals surface area contributed by atoms with Crippen molar-refractivity contribution >= 4 is 56.1 Å². The molecule has 0 bridgehead atoms. The van der Waals surface area contributed by atoms with Crippen molar-refractivity contribution in [3.05, 3.63) is 45.1 Å². The van der Waals surface area contributed by atoms with Gasteiger partial charge in [-0.3, -0.25) is 9.59 Å². The minimum Gasteiger partial charge on any atom is -0.448 e. The summed E-state index contributed by atoms with van der Waals surface area (Å²) < 4.78 is 11.5. The van der Waals surface area contributed by atoms with Crippen LogP contribution in [-0.2, 0) is 9.59 Å². The number of hydrogen-bond acceptors (Lipinski definition) is 6. The molecular weight excluding hydrogens is 460 g/mol. The summed E-state index contributed by atoms with van der Waals surface area (Å²) in [4.78, 5) is 23.2.